The van der Waals surface area contributed by atoms with Crippen molar-refractivity contribution in [1.29, 1.82) is 0 Å². The number of benzene rings is 1. The van der Waals surface area contributed by atoms with Crippen molar-refractivity contribution in [3.8, 4) is 0 Å². The van der Waals surface area contributed by atoms with Crippen molar-refractivity contribution >= 4 is 31.3 Å². The van der Waals surface area contributed by atoms with Gasteiger partial charge in [0.1, 0.15) is 0 Å². The van der Waals surface area contributed by atoms with Gasteiger partial charge < -0.3 is 10.1 Å². The Kier molecular flexibility index (Phi) is 6.07. The number of hydrogen-bond donors (Lipinski definition) is 1. The summed E-state index contributed by atoms with van der Waals surface area (Å²) in [6.07, 6.45) is 0.681. The molecule has 6 nitrogen and oxygen atoms in total. The summed E-state index contributed by atoms with van der Waals surface area (Å²) in [6, 6.07) is 5.17. The summed E-state index contributed by atoms with van der Waals surface area (Å²) in [5, 5.41) is 2.48. The van der Waals surface area contributed by atoms with Crippen molar-refractivity contribution < 1.29 is 21.6 Å². The number of ether oxygens (including phenoxy) is 1. The molecule has 1 aromatic carbocycles. The Hall–Kier alpha value is -0.670. The van der Waals surface area contributed by atoms with Crippen LogP contribution in [0.2, 0.25) is 5.02 Å². The molecule has 2 atom stereocenters. The van der Waals surface area contributed by atoms with E-state index in [0.717, 1.165) is 0 Å². The fraction of sp³-hybridized carbons (Fsp3) is 0.571. The maximum absolute atomic E-state index is 12.8. The highest BCUT2D eigenvalue weighted by Gasteiger charge is 2.45. The minimum absolute atomic E-state index is 0.0905. The van der Waals surface area contributed by atoms with Crippen molar-refractivity contribution in [1.82, 2.24) is 5.32 Å². The first kappa shape index (κ1) is 18.7. The van der Waals surface area contributed by atoms with Crippen molar-refractivity contribution in [2.75, 3.05) is 31.8 Å². The van der Waals surface area contributed by atoms with Gasteiger partial charge in [0.15, 0.2) is 19.7 Å². The maximum atomic E-state index is 12.8. The Morgan fingerprint density at radius 3 is 2.52 bits per heavy atom. The Morgan fingerprint density at radius 1 is 1.26 bits per heavy atom. The molecule has 1 saturated heterocycles. The molecule has 0 aliphatic carbocycles. The van der Waals surface area contributed by atoms with Crippen LogP contribution < -0.4 is 5.32 Å². The number of nitrogens with one attached hydrogen (secondary N) is 1. The van der Waals surface area contributed by atoms with E-state index < -0.39 is 31.0 Å². The summed E-state index contributed by atoms with van der Waals surface area (Å²) in [4.78, 5) is 0.0905. The van der Waals surface area contributed by atoms with E-state index in [-0.39, 0.29) is 16.4 Å². The maximum Gasteiger partial charge on any atom is 0.183 e. The standard InChI is InChI=1S/C14H20ClNO5S2/c1-21-8-2-7-16-13-9-22(17,18)10-14(13)23(19,20)12-5-3-11(15)4-6-12/h3-6,13-14,16H,2,7-10H2,1H3/t13-,14-/m1/s1. The van der Waals surface area contributed by atoms with Gasteiger partial charge in [-0.15, -0.1) is 0 Å². The van der Waals surface area contributed by atoms with Crippen molar-refractivity contribution in [3.63, 3.8) is 0 Å². The van der Waals surface area contributed by atoms with E-state index in [0.29, 0.717) is 24.6 Å². The molecule has 23 heavy (non-hydrogen) atoms. The third kappa shape index (κ3) is 4.67. The quantitative estimate of drug-likeness (QED) is 0.706. The van der Waals surface area contributed by atoms with E-state index in [4.69, 9.17) is 16.3 Å². The average Bonchev–Trinajstić information content (AvgIpc) is 2.80. The molecule has 1 aliphatic heterocycles. The van der Waals surface area contributed by atoms with Gasteiger partial charge in [0.2, 0.25) is 0 Å². The first-order valence-corrected chi connectivity index (χ1v) is 10.9. The largest absolute Gasteiger partial charge is 0.385 e. The minimum atomic E-state index is -3.75. The number of halogens is 1. The first-order chi connectivity index (χ1) is 10.8. The second kappa shape index (κ2) is 7.48. The van der Waals surface area contributed by atoms with E-state index in [1.54, 1.807) is 7.11 Å². The molecule has 0 unspecified atom stereocenters. The van der Waals surface area contributed by atoms with Gasteiger partial charge in [0.05, 0.1) is 21.7 Å². The van der Waals surface area contributed by atoms with Gasteiger partial charge in [-0.25, -0.2) is 16.8 Å². The van der Waals surface area contributed by atoms with Crippen molar-refractivity contribution in [2.24, 2.45) is 0 Å². The molecule has 9 heteroatoms. The molecule has 0 amide bonds. The smallest absolute Gasteiger partial charge is 0.183 e. The molecule has 2 rings (SSSR count). The lowest BCUT2D eigenvalue weighted by molar-refractivity contribution is 0.193. The van der Waals surface area contributed by atoms with Crippen LogP contribution in [0.25, 0.3) is 0 Å². The van der Waals surface area contributed by atoms with Gasteiger partial charge in [-0.3, -0.25) is 0 Å². The number of hydrogen-bond acceptors (Lipinski definition) is 6. The van der Waals surface area contributed by atoms with Crippen LogP contribution in [0.5, 0.6) is 0 Å². The molecule has 1 aliphatic rings. The Morgan fingerprint density at radius 2 is 1.91 bits per heavy atom. The van der Waals surface area contributed by atoms with Crippen molar-refractivity contribution in [3.05, 3.63) is 29.3 Å². The van der Waals surface area contributed by atoms with E-state index in [2.05, 4.69) is 5.32 Å². The van der Waals surface area contributed by atoms with Gasteiger partial charge in [0, 0.05) is 24.8 Å². The van der Waals surface area contributed by atoms with E-state index in [1.165, 1.54) is 24.3 Å². The summed E-state index contributed by atoms with van der Waals surface area (Å²) in [5.41, 5.74) is 0. The lowest BCUT2D eigenvalue weighted by Crippen LogP contribution is -2.43. The number of rotatable bonds is 7. The van der Waals surface area contributed by atoms with Gasteiger partial charge in [-0.05, 0) is 37.2 Å². The summed E-state index contributed by atoms with van der Waals surface area (Å²) in [7, 11) is -5.56. The van der Waals surface area contributed by atoms with E-state index in [9.17, 15) is 16.8 Å². The Bertz CT molecular complexity index is 731. The molecule has 130 valence electrons. The first-order valence-electron chi connectivity index (χ1n) is 7.18. The summed E-state index contributed by atoms with van der Waals surface area (Å²) >= 11 is 5.78. The van der Waals surface area contributed by atoms with Crippen LogP contribution in [0.1, 0.15) is 6.42 Å². The topological polar surface area (TPSA) is 89.5 Å². The molecule has 0 bridgehead atoms. The summed E-state index contributed by atoms with van der Waals surface area (Å²) in [5.74, 6) is -0.530. The SMILES string of the molecule is COCCCN[C@@H]1CS(=O)(=O)C[C@H]1S(=O)(=O)c1ccc(Cl)cc1. The highest BCUT2D eigenvalue weighted by molar-refractivity contribution is 7.96. The minimum Gasteiger partial charge on any atom is -0.385 e. The second-order valence-corrected chi connectivity index (χ2v) is 10.3. The van der Waals surface area contributed by atoms with E-state index >= 15 is 0 Å². The average molecular weight is 382 g/mol. The zero-order valence-corrected chi connectivity index (χ0v) is 15.1. The van der Waals surface area contributed by atoms with Crippen LogP contribution in [0.3, 0.4) is 0 Å². The highest BCUT2D eigenvalue weighted by atomic mass is 35.5. The van der Waals surface area contributed by atoms with Crippen LogP contribution in [-0.4, -0.2) is 59.9 Å². The van der Waals surface area contributed by atoms with Crippen LogP contribution in [-0.2, 0) is 24.4 Å². The van der Waals surface area contributed by atoms with Crippen LogP contribution >= 0.6 is 11.6 Å². The Balaban J connectivity index is 2.21. The molecular formula is C14H20ClNO5S2. The normalized spacial score (nSPS) is 23.9. The van der Waals surface area contributed by atoms with Gasteiger partial charge in [-0.1, -0.05) is 11.6 Å². The third-order valence-electron chi connectivity index (χ3n) is 3.77. The summed E-state index contributed by atoms with van der Waals surface area (Å²) in [6.45, 7) is 1.03. The fourth-order valence-corrected chi connectivity index (χ4v) is 7.46. The second-order valence-electron chi connectivity index (χ2n) is 5.52. The van der Waals surface area contributed by atoms with Crippen LogP contribution in [0, 0.1) is 0 Å². The zero-order valence-electron chi connectivity index (χ0n) is 12.7. The molecule has 1 aromatic rings. The van der Waals surface area contributed by atoms with Gasteiger partial charge >= 0.3 is 0 Å². The number of methoxy groups -OCH3 is 1. The lowest BCUT2D eigenvalue weighted by Gasteiger charge is -2.20. The monoisotopic (exact) mass is 381 g/mol. The molecule has 1 fully saturated rings. The van der Waals surface area contributed by atoms with Crippen LogP contribution in [0.4, 0.5) is 0 Å². The molecule has 1 heterocycles. The molecule has 0 saturated carbocycles. The highest BCUT2D eigenvalue weighted by Crippen LogP contribution is 2.26. The Labute approximate surface area is 142 Å². The predicted octanol–water partition coefficient (Wildman–Crippen LogP) is 0.905. The molecule has 1 N–H and O–H groups in total. The molecule has 0 aromatic heterocycles. The molecule has 0 radical (unpaired) electrons. The molecule has 0 spiro atoms. The van der Waals surface area contributed by atoms with Crippen molar-refractivity contribution in [2.45, 2.75) is 22.6 Å². The van der Waals surface area contributed by atoms with Gasteiger partial charge in [-0.2, -0.15) is 0 Å². The van der Waals surface area contributed by atoms with E-state index in [1.807, 2.05) is 0 Å². The van der Waals surface area contributed by atoms with Gasteiger partial charge in [0.25, 0.3) is 0 Å². The summed E-state index contributed by atoms with van der Waals surface area (Å²) < 4.78 is 54.3. The predicted molar refractivity (Wildman–Crippen MR) is 89.4 cm³/mol. The number of sulfone groups is 2. The third-order valence-corrected chi connectivity index (χ3v) is 8.19. The van der Waals surface area contributed by atoms with Crippen LogP contribution in [0.15, 0.2) is 29.2 Å². The molecular weight excluding hydrogens is 362 g/mol. The zero-order chi connectivity index (χ0) is 17.1. The fourth-order valence-electron chi connectivity index (χ4n) is 2.61. The lowest BCUT2D eigenvalue weighted by atomic mass is 10.2.